The lowest BCUT2D eigenvalue weighted by molar-refractivity contribution is -0.124. The molecule has 0 radical (unpaired) electrons. The molecule has 8 heteroatoms. The molecule has 2 aromatic carbocycles. The molecule has 1 saturated heterocycles. The molecular formula is C24H29F2N3O3. The van der Waals surface area contributed by atoms with Crippen LogP contribution in [0.5, 0.6) is 0 Å². The van der Waals surface area contributed by atoms with Crippen molar-refractivity contribution in [2.75, 3.05) is 32.8 Å². The fraction of sp³-hybridized carbons (Fsp3) is 0.417. The van der Waals surface area contributed by atoms with E-state index in [1.54, 1.807) is 12.1 Å². The first-order valence-corrected chi connectivity index (χ1v) is 10.8. The number of benzene rings is 2. The van der Waals surface area contributed by atoms with E-state index in [1.807, 2.05) is 13.8 Å². The van der Waals surface area contributed by atoms with E-state index in [0.717, 1.165) is 5.56 Å². The van der Waals surface area contributed by atoms with E-state index in [2.05, 4.69) is 15.5 Å². The predicted octanol–water partition coefficient (Wildman–Crippen LogP) is 2.91. The molecule has 2 atom stereocenters. The summed E-state index contributed by atoms with van der Waals surface area (Å²) in [4.78, 5) is 27.7. The van der Waals surface area contributed by atoms with E-state index in [1.165, 1.54) is 36.4 Å². The molecule has 6 nitrogen and oxygen atoms in total. The first kappa shape index (κ1) is 23.8. The van der Waals surface area contributed by atoms with Crippen molar-refractivity contribution < 1.29 is 23.1 Å². The van der Waals surface area contributed by atoms with Crippen LogP contribution in [0, 0.1) is 17.6 Å². The number of hydrogen-bond donors (Lipinski definition) is 2. The molecule has 0 spiro atoms. The quantitative estimate of drug-likeness (QED) is 0.656. The number of halogens is 2. The van der Waals surface area contributed by atoms with Crippen LogP contribution in [0.3, 0.4) is 0 Å². The normalized spacial score (nSPS) is 16.4. The Balaban J connectivity index is 1.68. The standard InChI is InChI=1S/C24H29F2N3O3/c1-16(2)22(28-23(30)18-5-9-20(26)10-6-18)24(31)27-15-21(29-11-13-32-14-12-29)17-3-7-19(25)8-4-17/h3-10,16,21-22H,11-15H2,1-2H3,(H,27,31)(H,28,30)/t21?,22-/m0/s1. The van der Waals surface area contributed by atoms with E-state index < -0.39 is 17.8 Å². The summed E-state index contributed by atoms with van der Waals surface area (Å²) >= 11 is 0. The summed E-state index contributed by atoms with van der Waals surface area (Å²) < 4.78 is 32.0. The van der Waals surface area contributed by atoms with Crippen molar-refractivity contribution in [2.24, 2.45) is 5.92 Å². The molecule has 1 unspecified atom stereocenters. The van der Waals surface area contributed by atoms with Gasteiger partial charge in [0.05, 0.1) is 19.3 Å². The summed E-state index contributed by atoms with van der Waals surface area (Å²) in [6, 6.07) is 10.5. The van der Waals surface area contributed by atoms with E-state index in [-0.39, 0.29) is 29.2 Å². The van der Waals surface area contributed by atoms with Crippen LogP contribution in [-0.4, -0.2) is 55.6 Å². The highest BCUT2D eigenvalue weighted by Gasteiger charge is 2.28. The van der Waals surface area contributed by atoms with Crippen LogP contribution < -0.4 is 10.6 Å². The van der Waals surface area contributed by atoms with Gasteiger partial charge < -0.3 is 15.4 Å². The smallest absolute Gasteiger partial charge is 0.251 e. The lowest BCUT2D eigenvalue weighted by Crippen LogP contribution is -2.52. The van der Waals surface area contributed by atoms with Gasteiger partial charge in [0.25, 0.3) is 5.91 Å². The Bertz CT molecular complexity index is 898. The zero-order valence-corrected chi connectivity index (χ0v) is 18.3. The average molecular weight is 446 g/mol. The number of carbonyl (C=O) groups excluding carboxylic acids is 2. The van der Waals surface area contributed by atoms with Gasteiger partial charge in [-0.2, -0.15) is 0 Å². The van der Waals surface area contributed by atoms with E-state index in [4.69, 9.17) is 4.74 Å². The van der Waals surface area contributed by atoms with Gasteiger partial charge in [-0.15, -0.1) is 0 Å². The van der Waals surface area contributed by atoms with Gasteiger partial charge >= 0.3 is 0 Å². The minimum absolute atomic E-state index is 0.149. The fourth-order valence-corrected chi connectivity index (χ4v) is 3.70. The summed E-state index contributed by atoms with van der Waals surface area (Å²) in [5.74, 6) is -1.67. The lowest BCUT2D eigenvalue weighted by Gasteiger charge is -2.35. The van der Waals surface area contributed by atoms with E-state index in [0.29, 0.717) is 32.8 Å². The van der Waals surface area contributed by atoms with Gasteiger partial charge in [0.15, 0.2) is 0 Å². The summed E-state index contributed by atoms with van der Waals surface area (Å²) in [7, 11) is 0. The Hall–Kier alpha value is -2.84. The average Bonchev–Trinajstić information content (AvgIpc) is 2.79. The fourth-order valence-electron chi connectivity index (χ4n) is 3.70. The Morgan fingerprint density at radius 1 is 0.969 bits per heavy atom. The molecule has 0 saturated carbocycles. The van der Waals surface area contributed by atoms with Crippen LogP contribution in [0.4, 0.5) is 8.78 Å². The number of morpholine rings is 1. The monoisotopic (exact) mass is 445 g/mol. The topological polar surface area (TPSA) is 70.7 Å². The highest BCUT2D eigenvalue weighted by molar-refractivity contribution is 5.97. The second-order valence-corrected chi connectivity index (χ2v) is 8.16. The van der Waals surface area contributed by atoms with Gasteiger partial charge in [0.1, 0.15) is 17.7 Å². The van der Waals surface area contributed by atoms with Crippen molar-refractivity contribution in [3.8, 4) is 0 Å². The molecule has 2 aromatic rings. The van der Waals surface area contributed by atoms with E-state index in [9.17, 15) is 18.4 Å². The van der Waals surface area contributed by atoms with Crippen molar-refractivity contribution in [2.45, 2.75) is 25.9 Å². The molecule has 1 fully saturated rings. The number of hydrogen-bond acceptors (Lipinski definition) is 4. The second kappa shape index (κ2) is 11.2. The number of rotatable bonds is 8. The van der Waals surface area contributed by atoms with Gasteiger partial charge in [-0.05, 0) is 47.9 Å². The van der Waals surface area contributed by atoms with Gasteiger partial charge in [-0.3, -0.25) is 14.5 Å². The van der Waals surface area contributed by atoms with Crippen LogP contribution in [-0.2, 0) is 9.53 Å². The molecule has 0 aromatic heterocycles. The van der Waals surface area contributed by atoms with Gasteiger partial charge in [0.2, 0.25) is 5.91 Å². The Morgan fingerprint density at radius 3 is 2.09 bits per heavy atom. The molecule has 0 bridgehead atoms. The van der Waals surface area contributed by atoms with Crippen LogP contribution in [0.25, 0.3) is 0 Å². The number of nitrogens with zero attached hydrogens (tertiary/aromatic N) is 1. The van der Waals surface area contributed by atoms with Crippen molar-refractivity contribution >= 4 is 11.8 Å². The molecule has 0 aliphatic carbocycles. The number of nitrogens with one attached hydrogen (secondary N) is 2. The van der Waals surface area contributed by atoms with Crippen molar-refractivity contribution in [3.05, 3.63) is 71.3 Å². The highest BCUT2D eigenvalue weighted by Crippen LogP contribution is 2.22. The molecule has 172 valence electrons. The van der Waals surface area contributed by atoms with Crippen LogP contribution >= 0.6 is 0 Å². The predicted molar refractivity (Wildman–Crippen MR) is 117 cm³/mol. The van der Waals surface area contributed by atoms with E-state index >= 15 is 0 Å². The molecule has 2 amide bonds. The Kier molecular flexibility index (Phi) is 8.30. The zero-order valence-electron chi connectivity index (χ0n) is 18.3. The highest BCUT2D eigenvalue weighted by atomic mass is 19.1. The summed E-state index contributed by atoms with van der Waals surface area (Å²) in [6.45, 7) is 6.57. The molecule has 2 N–H and O–H groups in total. The van der Waals surface area contributed by atoms with Crippen molar-refractivity contribution in [1.82, 2.24) is 15.5 Å². The van der Waals surface area contributed by atoms with Gasteiger partial charge in [0, 0.05) is 25.2 Å². The molecule has 32 heavy (non-hydrogen) atoms. The Morgan fingerprint density at radius 2 is 1.53 bits per heavy atom. The van der Waals surface area contributed by atoms with Crippen molar-refractivity contribution in [3.63, 3.8) is 0 Å². The summed E-state index contributed by atoms with van der Waals surface area (Å²) in [6.07, 6.45) is 0. The molecule has 3 rings (SSSR count). The molecular weight excluding hydrogens is 416 g/mol. The first-order chi connectivity index (χ1) is 15.3. The first-order valence-electron chi connectivity index (χ1n) is 10.8. The maximum Gasteiger partial charge on any atom is 0.251 e. The van der Waals surface area contributed by atoms with Crippen LogP contribution in [0.1, 0.15) is 35.8 Å². The van der Waals surface area contributed by atoms with Gasteiger partial charge in [-0.1, -0.05) is 26.0 Å². The molecule has 1 heterocycles. The van der Waals surface area contributed by atoms with Crippen molar-refractivity contribution in [1.29, 1.82) is 0 Å². The Labute approximate surface area is 186 Å². The SMILES string of the molecule is CC(C)[C@H](NC(=O)c1ccc(F)cc1)C(=O)NCC(c1ccc(F)cc1)N1CCOCC1. The largest absolute Gasteiger partial charge is 0.379 e. The zero-order chi connectivity index (χ0) is 23.1. The summed E-state index contributed by atoms with van der Waals surface area (Å²) in [5.41, 5.74) is 1.17. The van der Waals surface area contributed by atoms with Crippen LogP contribution in [0.15, 0.2) is 48.5 Å². The minimum atomic E-state index is -0.758. The number of carbonyl (C=O) groups is 2. The third-order valence-electron chi connectivity index (χ3n) is 5.55. The third-order valence-corrected chi connectivity index (χ3v) is 5.55. The maximum atomic E-state index is 13.4. The summed E-state index contributed by atoms with van der Waals surface area (Å²) in [5, 5.41) is 5.70. The maximum absolute atomic E-state index is 13.4. The van der Waals surface area contributed by atoms with Crippen LogP contribution in [0.2, 0.25) is 0 Å². The second-order valence-electron chi connectivity index (χ2n) is 8.16. The minimum Gasteiger partial charge on any atom is -0.379 e. The molecule has 1 aliphatic heterocycles. The van der Waals surface area contributed by atoms with Gasteiger partial charge in [-0.25, -0.2) is 8.78 Å². The number of amides is 2. The number of ether oxygens (including phenoxy) is 1. The molecule has 1 aliphatic rings. The third kappa shape index (κ3) is 6.34. The lowest BCUT2D eigenvalue weighted by atomic mass is 10.0.